The van der Waals surface area contributed by atoms with Crippen LogP contribution in [0.4, 0.5) is 5.69 Å². The van der Waals surface area contributed by atoms with Crippen LogP contribution in [0, 0.1) is 27.7 Å². The second kappa shape index (κ2) is 4.92. The SMILES string of the molecule is Cc1n[nH]c(C)c1NS(=O)(=O)c1c(C)oc(C)c1C(=O)O. The number of nitrogens with zero attached hydrogens (tertiary/aromatic N) is 1. The normalized spacial score (nSPS) is 11.6. The molecule has 0 spiro atoms. The van der Waals surface area contributed by atoms with Crippen molar-refractivity contribution in [2.45, 2.75) is 32.6 Å². The van der Waals surface area contributed by atoms with Gasteiger partial charge in [-0.15, -0.1) is 0 Å². The average molecular weight is 313 g/mol. The van der Waals surface area contributed by atoms with Crippen LogP contribution >= 0.6 is 0 Å². The molecular formula is C12H15N3O5S. The van der Waals surface area contributed by atoms with E-state index < -0.39 is 16.0 Å². The van der Waals surface area contributed by atoms with Crippen molar-refractivity contribution >= 4 is 21.7 Å². The molecule has 2 rings (SSSR count). The monoisotopic (exact) mass is 313 g/mol. The molecule has 0 aliphatic heterocycles. The first-order valence-corrected chi connectivity index (χ1v) is 7.51. The molecule has 2 aromatic heterocycles. The molecule has 2 heterocycles. The van der Waals surface area contributed by atoms with Crippen molar-refractivity contribution in [3.05, 3.63) is 28.5 Å². The van der Waals surface area contributed by atoms with E-state index in [0.717, 1.165) is 0 Å². The van der Waals surface area contributed by atoms with Gasteiger partial charge in [-0.25, -0.2) is 13.2 Å². The van der Waals surface area contributed by atoms with Gasteiger partial charge in [0.2, 0.25) is 0 Å². The molecule has 0 atom stereocenters. The zero-order chi connectivity index (χ0) is 15.9. The number of aryl methyl sites for hydroxylation is 4. The molecule has 0 aliphatic carbocycles. The fourth-order valence-electron chi connectivity index (χ4n) is 2.12. The lowest BCUT2D eigenvalue weighted by molar-refractivity contribution is 0.0691. The number of rotatable bonds is 4. The van der Waals surface area contributed by atoms with Gasteiger partial charge in [0.1, 0.15) is 22.0 Å². The molecule has 114 valence electrons. The Morgan fingerprint density at radius 3 is 2.33 bits per heavy atom. The highest BCUT2D eigenvalue weighted by atomic mass is 32.2. The topological polar surface area (TPSA) is 125 Å². The summed E-state index contributed by atoms with van der Waals surface area (Å²) in [5, 5.41) is 15.7. The van der Waals surface area contributed by atoms with Crippen LogP contribution in [0.3, 0.4) is 0 Å². The summed E-state index contributed by atoms with van der Waals surface area (Å²) in [6.45, 7) is 6.10. The Labute approximate surface area is 121 Å². The van der Waals surface area contributed by atoms with Gasteiger partial charge in [-0.05, 0) is 27.7 Å². The van der Waals surface area contributed by atoms with Gasteiger partial charge in [0.25, 0.3) is 10.0 Å². The number of aromatic nitrogens is 2. The summed E-state index contributed by atoms with van der Waals surface area (Å²) >= 11 is 0. The fourth-order valence-corrected chi connectivity index (χ4v) is 3.71. The molecule has 0 bridgehead atoms. The number of sulfonamides is 1. The van der Waals surface area contributed by atoms with Crippen LogP contribution in [0.2, 0.25) is 0 Å². The van der Waals surface area contributed by atoms with E-state index in [9.17, 15) is 18.3 Å². The van der Waals surface area contributed by atoms with Crippen LogP contribution in [0.15, 0.2) is 9.31 Å². The maximum Gasteiger partial charge on any atom is 0.340 e. The molecule has 0 saturated heterocycles. The van der Waals surface area contributed by atoms with E-state index >= 15 is 0 Å². The number of H-pyrrole nitrogens is 1. The van der Waals surface area contributed by atoms with E-state index in [0.29, 0.717) is 17.1 Å². The van der Waals surface area contributed by atoms with Crippen molar-refractivity contribution in [2.75, 3.05) is 4.72 Å². The Bertz CT molecular complexity index is 797. The number of nitrogens with one attached hydrogen (secondary N) is 2. The summed E-state index contributed by atoms with van der Waals surface area (Å²) in [4.78, 5) is 10.9. The predicted molar refractivity (Wildman–Crippen MR) is 74.0 cm³/mol. The molecule has 0 amide bonds. The number of anilines is 1. The molecule has 8 nitrogen and oxygen atoms in total. The molecule has 0 unspecified atom stereocenters. The smallest absolute Gasteiger partial charge is 0.340 e. The first-order chi connectivity index (χ1) is 9.65. The van der Waals surface area contributed by atoms with Gasteiger partial charge >= 0.3 is 5.97 Å². The maximum atomic E-state index is 12.5. The number of carbonyl (C=O) groups is 1. The van der Waals surface area contributed by atoms with Crippen molar-refractivity contribution in [3.63, 3.8) is 0 Å². The highest BCUT2D eigenvalue weighted by Gasteiger charge is 2.31. The Morgan fingerprint density at radius 1 is 1.24 bits per heavy atom. The van der Waals surface area contributed by atoms with Crippen molar-refractivity contribution in [1.29, 1.82) is 0 Å². The van der Waals surface area contributed by atoms with E-state index in [4.69, 9.17) is 4.42 Å². The highest BCUT2D eigenvalue weighted by molar-refractivity contribution is 7.92. The minimum absolute atomic E-state index is 0.0243. The Kier molecular flexibility index (Phi) is 3.54. The lowest BCUT2D eigenvalue weighted by Gasteiger charge is -2.08. The zero-order valence-corrected chi connectivity index (χ0v) is 12.8. The first kappa shape index (κ1) is 15.1. The van der Waals surface area contributed by atoms with Crippen LogP contribution in [-0.2, 0) is 10.0 Å². The highest BCUT2D eigenvalue weighted by Crippen LogP contribution is 2.29. The lowest BCUT2D eigenvalue weighted by Crippen LogP contribution is -2.17. The van der Waals surface area contributed by atoms with Crippen molar-refractivity contribution in [2.24, 2.45) is 0 Å². The number of hydrogen-bond acceptors (Lipinski definition) is 5. The Hall–Kier alpha value is -2.29. The second-order valence-corrected chi connectivity index (χ2v) is 6.26. The van der Waals surface area contributed by atoms with Crippen LogP contribution in [-0.4, -0.2) is 29.7 Å². The molecule has 0 aromatic carbocycles. The van der Waals surface area contributed by atoms with Crippen LogP contribution in [0.1, 0.15) is 33.3 Å². The van der Waals surface area contributed by atoms with E-state index in [1.54, 1.807) is 13.8 Å². The molecular weight excluding hydrogens is 298 g/mol. The van der Waals surface area contributed by atoms with E-state index in [2.05, 4.69) is 14.9 Å². The third-order valence-corrected chi connectivity index (χ3v) is 4.55. The number of hydrogen-bond donors (Lipinski definition) is 3. The van der Waals surface area contributed by atoms with Gasteiger partial charge < -0.3 is 9.52 Å². The zero-order valence-electron chi connectivity index (χ0n) is 11.9. The fraction of sp³-hybridized carbons (Fsp3) is 0.333. The molecule has 2 aromatic rings. The summed E-state index contributed by atoms with van der Waals surface area (Å²) in [6, 6.07) is 0. The van der Waals surface area contributed by atoms with Crippen LogP contribution in [0.25, 0.3) is 0 Å². The summed E-state index contributed by atoms with van der Waals surface area (Å²) in [7, 11) is -4.10. The Balaban J connectivity index is 2.58. The van der Waals surface area contributed by atoms with Gasteiger partial charge in [-0.2, -0.15) is 5.10 Å². The minimum atomic E-state index is -4.10. The molecule has 0 aliphatic rings. The summed E-state index contributed by atoms with van der Waals surface area (Å²) < 4.78 is 32.5. The van der Waals surface area contributed by atoms with Crippen LogP contribution in [0.5, 0.6) is 0 Å². The van der Waals surface area contributed by atoms with Crippen LogP contribution < -0.4 is 4.72 Å². The molecule has 0 fully saturated rings. The summed E-state index contributed by atoms with van der Waals surface area (Å²) in [6.07, 6.45) is 0. The summed E-state index contributed by atoms with van der Waals surface area (Å²) in [5.41, 5.74) is 0.931. The quantitative estimate of drug-likeness (QED) is 0.789. The Morgan fingerprint density at radius 2 is 1.86 bits per heavy atom. The molecule has 21 heavy (non-hydrogen) atoms. The largest absolute Gasteiger partial charge is 0.478 e. The number of aromatic carboxylic acids is 1. The van der Waals surface area contributed by atoms with Gasteiger partial charge in [-0.1, -0.05) is 0 Å². The van der Waals surface area contributed by atoms with E-state index in [1.807, 2.05) is 0 Å². The van der Waals surface area contributed by atoms with E-state index in [1.165, 1.54) is 13.8 Å². The van der Waals surface area contributed by atoms with Gasteiger partial charge in [-0.3, -0.25) is 9.82 Å². The van der Waals surface area contributed by atoms with Crippen molar-refractivity contribution in [1.82, 2.24) is 10.2 Å². The molecule has 9 heteroatoms. The molecule has 0 radical (unpaired) electrons. The second-order valence-electron chi connectivity index (χ2n) is 4.64. The van der Waals surface area contributed by atoms with Crippen molar-refractivity contribution in [3.8, 4) is 0 Å². The third kappa shape index (κ3) is 2.51. The number of carboxylic acid groups (broad SMARTS) is 1. The number of furan rings is 1. The standard InChI is InChI=1S/C12H15N3O5S/c1-5-10(6(2)14-13-5)15-21(18,19)11-8(4)20-7(3)9(11)12(16)17/h15H,1-4H3,(H,13,14)(H,16,17). The number of carboxylic acids is 1. The van der Waals surface area contributed by atoms with Gasteiger partial charge in [0.05, 0.1) is 17.1 Å². The number of aromatic amines is 1. The molecule has 3 N–H and O–H groups in total. The van der Waals surface area contributed by atoms with Gasteiger partial charge in [0.15, 0.2) is 0 Å². The predicted octanol–water partition coefficient (Wildman–Crippen LogP) is 1.74. The average Bonchev–Trinajstić information content (AvgIpc) is 2.82. The van der Waals surface area contributed by atoms with Crippen molar-refractivity contribution < 1.29 is 22.7 Å². The summed E-state index contributed by atoms with van der Waals surface area (Å²) in [5.74, 6) is -1.29. The van der Waals surface area contributed by atoms with Gasteiger partial charge in [0, 0.05) is 0 Å². The lowest BCUT2D eigenvalue weighted by atomic mass is 10.2. The molecule has 0 saturated carbocycles. The minimum Gasteiger partial charge on any atom is -0.478 e. The first-order valence-electron chi connectivity index (χ1n) is 6.02. The maximum absolute atomic E-state index is 12.5. The van der Waals surface area contributed by atoms with E-state index in [-0.39, 0.29) is 22.0 Å². The third-order valence-electron chi connectivity index (χ3n) is 3.05.